The number of benzene rings is 1. The first-order valence-corrected chi connectivity index (χ1v) is 9.18. The fourth-order valence-corrected chi connectivity index (χ4v) is 3.26. The minimum atomic E-state index is -3.74. The molecule has 0 spiro atoms. The van der Waals surface area contributed by atoms with Crippen LogP contribution in [0.25, 0.3) is 0 Å². The molecular weight excluding hydrogens is 356 g/mol. The molecule has 1 atom stereocenters. The van der Waals surface area contributed by atoms with Crippen LogP contribution < -0.4 is 5.32 Å². The van der Waals surface area contributed by atoms with Crippen molar-refractivity contribution in [1.82, 2.24) is 4.31 Å². The van der Waals surface area contributed by atoms with Gasteiger partial charge in [-0.25, -0.2) is 12.7 Å². The van der Waals surface area contributed by atoms with Gasteiger partial charge in [-0.05, 0) is 38.0 Å². The van der Waals surface area contributed by atoms with Gasteiger partial charge in [0.15, 0.2) is 6.10 Å². The molecule has 132 valence electrons. The summed E-state index contributed by atoms with van der Waals surface area (Å²) >= 11 is 5.95. The molecule has 24 heavy (non-hydrogen) atoms. The summed E-state index contributed by atoms with van der Waals surface area (Å²) in [5.74, 6) is -1.03. The number of amides is 1. The van der Waals surface area contributed by atoms with Crippen LogP contribution in [0, 0.1) is 5.92 Å². The van der Waals surface area contributed by atoms with E-state index >= 15 is 0 Å². The molecule has 2 rings (SSSR count). The number of carbonyl (C=O) groups excluding carboxylic acids is 2. The van der Waals surface area contributed by atoms with Crippen molar-refractivity contribution in [2.75, 3.05) is 19.4 Å². The maximum Gasteiger partial charge on any atom is 0.309 e. The molecule has 0 bridgehead atoms. The van der Waals surface area contributed by atoms with Crippen molar-refractivity contribution < 1.29 is 22.7 Å². The van der Waals surface area contributed by atoms with Gasteiger partial charge in [-0.2, -0.15) is 0 Å². The Morgan fingerprint density at radius 2 is 1.96 bits per heavy atom. The van der Waals surface area contributed by atoms with E-state index in [9.17, 15) is 18.0 Å². The van der Waals surface area contributed by atoms with Gasteiger partial charge in [-0.15, -0.1) is 0 Å². The number of esters is 1. The van der Waals surface area contributed by atoms with Gasteiger partial charge in [-0.3, -0.25) is 9.59 Å². The van der Waals surface area contributed by atoms with Crippen molar-refractivity contribution in [3.05, 3.63) is 23.2 Å². The first kappa shape index (κ1) is 18.7. The molecule has 0 aromatic heterocycles. The van der Waals surface area contributed by atoms with Gasteiger partial charge in [0.25, 0.3) is 5.91 Å². The van der Waals surface area contributed by atoms with Crippen molar-refractivity contribution in [2.24, 2.45) is 5.92 Å². The summed E-state index contributed by atoms with van der Waals surface area (Å²) in [5.41, 5.74) is 0.249. The Morgan fingerprint density at radius 3 is 2.50 bits per heavy atom. The second kappa shape index (κ2) is 7.08. The smallest absolute Gasteiger partial charge is 0.309 e. The molecule has 1 saturated carbocycles. The van der Waals surface area contributed by atoms with Gasteiger partial charge in [-0.1, -0.05) is 11.6 Å². The molecule has 1 aromatic carbocycles. The Kier molecular flexibility index (Phi) is 5.52. The first-order chi connectivity index (χ1) is 11.1. The quantitative estimate of drug-likeness (QED) is 0.767. The Morgan fingerprint density at radius 1 is 1.33 bits per heavy atom. The first-order valence-electron chi connectivity index (χ1n) is 7.36. The number of hydrogen-bond acceptors (Lipinski definition) is 5. The fourth-order valence-electron chi connectivity index (χ4n) is 1.86. The van der Waals surface area contributed by atoms with Gasteiger partial charge in [0.2, 0.25) is 10.0 Å². The van der Waals surface area contributed by atoms with Crippen LogP contribution in [0.15, 0.2) is 23.1 Å². The van der Waals surface area contributed by atoms with Gasteiger partial charge >= 0.3 is 5.97 Å². The number of ether oxygens (including phenoxy) is 1. The van der Waals surface area contributed by atoms with Gasteiger partial charge in [0.05, 0.1) is 10.9 Å². The summed E-state index contributed by atoms with van der Waals surface area (Å²) in [7, 11) is -0.973. The highest BCUT2D eigenvalue weighted by Gasteiger charge is 2.33. The van der Waals surface area contributed by atoms with E-state index < -0.39 is 22.0 Å². The van der Waals surface area contributed by atoms with Crippen LogP contribution in [0.1, 0.15) is 19.8 Å². The maximum absolute atomic E-state index is 12.2. The van der Waals surface area contributed by atoms with Gasteiger partial charge in [0.1, 0.15) is 4.90 Å². The SMILES string of the molecule is C[C@H](OC(=O)C1CC1)C(=O)Nc1ccc(Cl)c(S(=O)(=O)N(C)C)c1. The topological polar surface area (TPSA) is 92.8 Å². The molecule has 1 aliphatic rings. The van der Waals surface area contributed by atoms with Crippen LogP contribution in [0.3, 0.4) is 0 Å². The van der Waals surface area contributed by atoms with Gasteiger partial charge in [0, 0.05) is 19.8 Å². The number of carbonyl (C=O) groups is 2. The summed E-state index contributed by atoms with van der Waals surface area (Å²) in [4.78, 5) is 23.5. The summed E-state index contributed by atoms with van der Waals surface area (Å²) in [6.07, 6.45) is 0.606. The Labute approximate surface area is 146 Å². The molecule has 9 heteroatoms. The number of halogens is 1. The van der Waals surface area contributed by atoms with E-state index in [1.54, 1.807) is 0 Å². The standard InChI is InChI=1S/C15H19ClN2O5S/c1-9(23-15(20)10-4-5-10)14(19)17-11-6-7-12(16)13(8-11)24(21,22)18(2)3/h6-10H,4-5H2,1-3H3,(H,17,19)/t9-/m0/s1. The summed E-state index contributed by atoms with van der Waals surface area (Å²) < 4.78 is 30.5. The zero-order chi connectivity index (χ0) is 18.1. The molecule has 1 aliphatic carbocycles. The number of hydrogen-bond donors (Lipinski definition) is 1. The molecule has 1 fully saturated rings. The molecule has 1 aromatic rings. The van der Waals surface area contributed by atoms with Crippen molar-refractivity contribution in [1.29, 1.82) is 0 Å². The summed E-state index contributed by atoms with van der Waals surface area (Å²) in [5, 5.41) is 2.58. The summed E-state index contributed by atoms with van der Waals surface area (Å²) in [6.45, 7) is 1.46. The van der Waals surface area contributed by atoms with E-state index in [-0.39, 0.29) is 27.5 Å². The third-order valence-electron chi connectivity index (χ3n) is 3.53. The molecule has 0 unspecified atom stereocenters. The predicted octanol–water partition coefficient (Wildman–Crippen LogP) is 1.87. The number of rotatable bonds is 6. The van der Waals surface area contributed by atoms with Crippen LogP contribution in [-0.4, -0.2) is 44.8 Å². The second-order valence-electron chi connectivity index (χ2n) is 5.78. The molecule has 0 heterocycles. The third-order valence-corrected chi connectivity index (χ3v) is 5.83. The molecule has 1 amide bonds. The van der Waals surface area contributed by atoms with E-state index in [2.05, 4.69) is 5.32 Å². The lowest BCUT2D eigenvalue weighted by molar-refractivity contribution is -0.154. The van der Waals surface area contributed by atoms with E-state index in [4.69, 9.17) is 16.3 Å². The van der Waals surface area contributed by atoms with E-state index in [1.165, 1.54) is 39.2 Å². The lowest BCUT2D eigenvalue weighted by atomic mass is 10.3. The molecule has 0 radical (unpaired) electrons. The van der Waals surface area contributed by atoms with Crippen LogP contribution in [0.4, 0.5) is 5.69 Å². The molecule has 0 saturated heterocycles. The molecular formula is C15H19ClN2O5S. The van der Waals surface area contributed by atoms with E-state index in [0.29, 0.717) is 0 Å². The molecule has 1 N–H and O–H groups in total. The minimum absolute atomic E-state index is 0.0508. The number of nitrogens with one attached hydrogen (secondary N) is 1. The number of anilines is 1. The number of sulfonamides is 1. The predicted molar refractivity (Wildman–Crippen MR) is 89.2 cm³/mol. The zero-order valence-corrected chi connectivity index (χ0v) is 15.1. The van der Waals surface area contributed by atoms with Gasteiger partial charge < -0.3 is 10.1 Å². The van der Waals surface area contributed by atoms with Crippen LogP contribution in [0.5, 0.6) is 0 Å². The third kappa shape index (κ3) is 4.25. The fraction of sp³-hybridized carbons (Fsp3) is 0.467. The second-order valence-corrected chi connectivity index (χ2v) is 8.30. The van der Waals surface area contributed by atoms with E-state index in [1.807, 2.05) is 0 Å². The minimum Gasteiger partial charge on any atom is -0.452 e. The zero-order valence-electron chi connectivity index (χ0n) is 13.6. The lowest BCUT2D eigenvalue weighted by Crippen LogP contribution is -2.30. The monoisotopic (exact) mass is 374 g/mol. The lowest BCUT2D eigenvalue weighted by Gasteiger charge is -2.16. The van der Waals surface area contributed by atoms with Crippen molar-refractivity contribution in [3.63, 3.8) is 0 Å². The highest BCUT2D eigenvalue weighted by atomic mass is 35.5. The maximum atomic E-state index is 12.2. The van der Waals surface area contributed by atoms with E-state index in [0.717, 1.165) is 17.1 Å². The number of nitrogens with zero attached hydrogens (tertiary/aromatic N) is 1. The largest absolute Gasteiger partial charge is 0.452 e. The van der Waals surface area contributed by atoms with Crippen molar-refractivity contribution >= 4 is 39.2 Å². The normalized spacial score (nSPS) is 15.9. The van der Waals surface area contributed by atoms with Crippen LogP contribution in [0.2, 0.25) is 5.02 Å². The van der Waals surface area contributed by atoms with Crippen molar-refractivity contribution in [3.8, 4) is 0 Å². The average Bonchev–Trinajstić information content (AvgIpc) is 3.33. The highest BCUT2D eigenvalue weighted by Crippen LogP contribution is 2.30. The highest BCUT2D eigenvalue weighted by molar-refractivity contribution is 7.89. The van der Waals surface area contributed by atoms with Crippen LogP contribution >= 0.6 is 11.6 Å². The Bertz CT molecular complexity index is 759. The summed E-state index contributed by atoms with van der Waals surface area (Å²) in [6, 6.07) is 4.13. The Hall–Kier alpha value is -1.64. The average molecular weight is 375 g/mol. The molecule has 7 nitrogen and oxygen atoms in total. The molecule has 0 aliphatic heterocycles. The van der Waals surface area contributed by atoms with Crippen LogP contribution in [-0.2, 0) is 24.3 Å². The Balaban J connectivity index is 2.12. The van der Waals surface area contributed by atoms with Crippen molar-refractivity contribution in [2.45, 2.75) is 30.8 Å².